The summed E-state index contributed by atoms with van der Waals surface area (Å²) in [5.41, 5.74) is 1.59. The Morgan fingerprint density at radius 3 is 2.45 bits per heavy atom. The molecular formula is C28H40N2O3. The number of hydrogen-bond donors (Lipinski definition) is 1. The van der Waals surface area contributed by atoms with Gasteiger partial charge in [0, 0.05) is 32.7 Å². The second-order valence-electron chi connectivity index (χ2n) is 9.11. The van der Waals surface area contributed by atoms with Crippen LogP contribution in [-0.4, -0.2) is 54.3 Å². The Morgan fingerprint density at radius 2 is 1.79 bits per heavy atom. The van der Waals surface area contributed by atoms with Crippen LogP contribution >= 0.6 is 0 Å². The Kier molecular flexibility index (Phi) is 9.95. The minimum atomic E-state index is -0.990. The van der Waals surface area contributed by atoms with E-state index in [1.807, 2.05) is 24.3 Å². The van der Waals surface area contributed by atoms with Crippen LogP contribution in [-0.2, 0) is 23.4 Å². The maximum Gasteiger partial charge on any atom is 0.135 e. The Labute approximate surface area is 199 Å². The molecule has 1 aliphatic rings. The van der Waals surface area contributed by atoms with Gasteiger partial charge in [-0.3, -0.25) is 9.80 Å². The van der Waals surface area contributed by atoms with Crippen LogP contribution in [0, 0.1) is 6.92 Å². The van der Waals surface area contributed by atoms with Gasteiger partial charge in [-0.15, -0.1) is 13.2 Å². The molecule has 5 nitrogen and oxygen atoms in total. The lowest BCUT2D eigenvalue weighted by molar-refractivity contribution is -0.00233. The van der Waals surface area contributed by atoms with Crippen LogP contribution < -0.4 is 0 Å². The van der Waals surface area contributed by atoms with Crippen LogP contribution in [0.15, 0.2) is 66.1 Å². The summed E-state index contributed by atoms with van der Waals surface area (Å²) in [6, 6.07) is 12.6. The third kappa shape index (κ3) is 7.97. The Balaban J connectivity index is 1.71. The molecule has 33 heavy (non-hydrogen) atoms. The van der Waals surface area contributed by atoms with Gasteiger partial charge in [0.1, 0.15) is 17.1 Å². The highest BCUT2D eigenvalue weighted by Gasteiger charge is 2.31. The molecule has 5 heteroatoms. The first-order valence-corrected chi connectivity index (χ1v) is 12.1. The highest BCUT2D eigenvalue weighted by atomic mass is 16.5. The number of morpholine rings is 1. The van der Waals surface area contributed by atoms with Gasteiger partial charge in [0.15, 0.2) is 0 Å². The number of benzene rings is 1. The van der Waals surface area contributed by atoms with Crippen molar-refractivity contribution in [2.45, 2.75) is 51.3 Å². The molecule has 1 saturated heterocycles. The molecule has 1 aliphatic heterocycles. The summed E-state index contributed by atoms with van der Waals surface area (Å²) in [7, 11) is 0. The minimum Gasteiger partial charge on any atom is -0.462 e. The molecule has 0 spiro atoms. The van der Waals surface area contributed by atoms with Crippen LogP contribution in [0.4, 0.5) is 0 Å². The molecule has 0 aliphatic carbocycles. The first-order chi connectivity index (χ1) is 16.0. The fourth-order valence-corrected chi connectivity index (χ4v) is 4.38. The standard InChI is InChI=1S/C28H40N2O3/c1-4-6-13-28(31,14-7-5-2)27-12-11-26(33-27)23-30(16-15-29-17-19-32-20-18-29)22-25-10-8-9-24(3)21-25/h4-5,8-12,21,31H,1-2,6-7,13-20,22-23H2,3H3. The Hall–Kier alpha value is -2.18. The zero-order valence-electron chi connectivity index (χ0n) is 20.2. The second kappa shape index (κ2) is 12.9. The highest BCUT2D eigenvalue weighted by Crippen LogP contribution is 2.33. The number of aryl methyl sites for hydroxylation is 1. The van der Waals surface area contributed by atoms with E-state index in [0.29, 0.717) is 25.1 Å². The second-order valence-corrected chi connectivity index (χ2v) is 9.11. The van der Waals surface area contributed by atoms with Gasteiger partial charge in [-0.1, -0.05) is 42.0 Å². The van der Waals surface area contributed by atoms with E-state index < -0.39 is 5.60 Å². The zero-order chi connectivity index (χ0) is 23.5. The molecule has 0 bridgehead atoms. The molecule has 180 valence electrons. The smallest absolute Gasteiger partial charge is 0.135 e. The SMILES string of the molecule is C=CCCC(O)(CCC=C)c1ccc(CN(CCN2CCOCC2)Cc2cccc(C)c2)o1. The predicted octanol–water partition coefficient (Wildman–Crippen LogP) is 5.04. The molecule has 1 N–H and O–H groups in total. The number of allylic oxidation sites excluding steroid dienone is 2. The van der Waals surface area contributed by atoms with Crippen LogP contribution in [0.2, 0.25) is 0 Å². The molecule has 0 amide bonds. The van der Waals surface area contributed by atoms with E-state index in [4.69, 9.17) is 9.15 Å². The van der Waals surface area contributed by atoms with E-state index in [0.717, 1.165) is 64.5 Å². The van der Waals surface area contributed by atoms with E-state index in [1.54, 1.807) is 0 Å². The van der Waals surface area contributed by atoms with Crippen molar-refractivity contribution in [1.29, 1.82) is 0 Å². The number of rotatable bonds is 14. The first kappa shape index (κ1) is 25.4. The summed E-state index contributed by atoms with van der Waals surface area (Å²) in [6.07, 6.45) is 6.37. The normalized spacial score (nSPS) is 15.1. The largest absolute Gasteiger partial charge is 0.462 e. The van der Waals surface area contributed by atoms with Gasteiger partial charge in [-0.05, 0) is 50.3 Å². The summed E-state index contributed by atoms with van der Waals surface area (Å²) < 4.78 is 11.7. The van der Waals surface area contributed by atoms with E-state index >= 15 is 0 Å². The Morgan fingerprint density at radius 1 is 1.06 bits per heavy atom. The average Bonchev–Trinajstić information content (AvgIpc) is 3.30. The van der Waals surface area contributed by atoms with Gasteiger partial charge in [-0.25, -0.2) is 0 Å². The van der Waals surface area contributed by atoms with Gasteiger partial charge in [0.25, 0.3) is 0 Å². The molecule has 3 rings (SSSR count). The van der Waals surface area contributed by atoms with Crippen molar-refractivity contribution < 1.29 is 14.3 Å². The minimum absolute atomic E-state index is 0.599. The fourth-order valence-electron chi connectivity index (χ4n) is 4.38. The molecule has 2 heterocycles. The zero-order valence-corrected chi connectivity index (χ0v) is 20.2. The lowest BCUT2D eigenvalue weighted by Gasteiger charge is -2.30. The topological polar surface area (TPSA) is 49.1 Å². The van der Waals surface area contributed by atoms with E-state index in [-0.39, 0.29) is 0 Å². The molecule has 1 fully saturated rings. The van der Waals surface area contributed by atoms with Crippen molar-refractivity contribution in [3.63, 3.8) is 0 Å². The molecule has 2 aromatic rings. The van der Waals surface area contributed by atoms with E-state index in [9.17, 15) is 5.11 Å². The Bertz CT molecular complexity index is 858. The lowest BCUT2D eigenvalue weighted by atomic mass is 9.89. The van der Waals surface area contributed by atoms with Crippen LogP contribution in [0.25, 0.3) is 0 Å². The fraction of sp³-hybridized carbons (Fsp3) is 0.500. The highest BCUT2D eigenvalue weighted by molar-refractivity contribution is 5.22. The van der Waals surface area contributed by atoms with Gasteiger partial charge in [0.2, 0.25) is 0 Å². The molecule has 0 radical (unpaired) electrons. The number of hydrogen-bond acceptors (Lipinski definition) is 5. The summed E-state index contributed by atoms with van der Waals surface area (Å²) in [6.45, 7) is 16.9. The average molecular weight is 453 g/mol. The van der Waals surface area contributed by atoms with Gasteiger partial charge < -0.3 is 14.3 Å². The number of nitrogens with zero attached hydrogens (tertiary/aromatic N) is 2. The van der Waals surface area contributed by atoms with Crippen LogP contribution in [0.5, 0.6) is 0 Å². The first-order valence-electron chi connectivity index (χ1n) is 12.1. The van der Waals surface area contributed by atoms with Gasteiger partial charge >= 0.3 is 0 Å². The quantitative estimate of drug-likeness (QED) is 0.407. The van der Waals surface area contributed by atoms with Gasteiger partial charge in [0.05, 0.1) is 19.8 Å². The summed E-state index contributed by atoms with van der Waals surface area (Å²) in [5.74, 6) is 1.53. The summed E-state index contributed by atoms with van der Waals surface area (Å²) in [5, 5.41) is 11.3. The lowest BCUT2D eigenvalue weighted by Crippen LogP contribution is -2.41. The number of furan rings is 1. The van der Waals surface area contributed by atoms with Crippen molar-refractivity contribution in [3.05, 3.63) is 84.4 Å². The summed E-state index contributed by atoms with van der Waals surface area (Å²) >= 11 is 0. The third-order valence-electron chi connectivity index (χ3n) is 6.35. The molecule has 0 saturated carbocycles. The number of ether oxygens (including phenoxy) is 1. The van der Waals surface area contributed by atoms with Crippen LogP contribution in [0.3, 0.4) is 0 Å². The van der Waals surface area contributed by atoms with Crippen molar-refractivity contribution in [1.82, 2.24) is 9.80 Å². The van der Waals surface area contributed by atoms with E-state index in [2.05, 4.69) is 54.1 Å². The van der Waals surface area contributed by atoms with Crippen molar-refractivity contribution in [2.75, 3.05) is 39.4 Å². The van der Waals surface area contributed by atoms with Crippen molar-refractivity contribution >= 4 is 0 Å². The molecule has 0 atom stereocenters. The summed E-state index contributed by atoms with van der Waals surface area (Å²) in [4.78, 5) is 4.89. The van der Waals surface area contributed by atoms with Crippen LogP contribution in [0.1, 0.15) is 48.3 Å². The van der Waals surface area contributed by atoms with Gasteiger partial charge in [-0.2, -0.15) is 0 Å². The molecule has 0 unspecified atom stereocenters. The molecule has 1 aromatic carbocycles. The molecular weight excluding hydrogens is 412 g/mol. The van der Waals surface area contributed by atoms with E-state index in [1.165, 1.54) is 11.1 Å². The monoisotopic (exact) mass is 452 g/mol. The maximum absolute atomic E-state index is 11.3. The maximum atomic E-state index is 11.3. The third-order valence-corrected chi connectivity index (χ3v) is 6.35. The molecule has 1 aromatic heterocycles. The number of aliphatic hydroxyl groups is 1. The van der Waals surface area contributed by atoms with Crippen molar-refractivity contribution in [3.8, 4) is 0 Å². The predicted molar refractivity (Wildman–Crippen MR) is 134 cm³/mol. The van der Waals surface area contributed by atoms with Crippen molar-refractivity contribution in [2.24, 2.45) is 0 Å².